The average molecular weight is 501 g/mol. The molecule has 0 fully saturated rings. The lowest BCUT2D eigenvalue weighted by atomic mass is 10.1. The highest BCUT2D eigenvalue weighted by Gasteiger charge is 2.18. The van der Waals surface area contributed by atoms with Crippen LogP contribution in [0.15, 0.2) is 46.7 Å². The topological polar surface area (TPSA) is 69.9 Å². The van der Waals surface area contributed by atoms with E-state index in [2.05, 4.69) is 15.0 Å². The van der Waals surface area contributed by atoms with Gasteiger partial charge in [0.15, 0.2) is 5.02 Å². The SMILES string of the molecule is Cc1cc(COc2nc(C)n(-c3cc(-c4ccnc(C(C)C)n4)ccc3Cl)c(=O)c2Cl)cs1. The van der Waals surface area contributed by atoms with Gasteiger partial charge in [-0.15, -0.1) is 11.3 Å². The Morgan fingerprint density at radius 1 is 1.12 bits per heavy atom. The summed E-state index contributed by atoms with van der Waals surface area (Å²) in [6, 6.07) is 9.23. The molecule has 9 heteroatoms. The summed E-state index contributed by atoms with van der Waals surface area (Å²) in [5.41, 5.74) is 2.55. The highest BCUT2D eigenvalue weighted by Crippen LogP contribution is 2.29. The minimum absolute atomic E-state index is 0.0989. The Balaban J connectivity index is 1.73. The normalized spacial score (nSPS) is 11.2. The molecule has 0 unspecified atom stereocenters. The van der Waals surface area contributed by atoms with E-state index in [0.717, 1.165) is 22.6 Å². The van der Waals surface area contributed by atoms with Crippen molar-refractivity contribution in [2.75, 3.05) is 0 Å². The summed E-state index contributed by atoms with van der Waals surface area (Å²) in [6.07, 6.45) is 1.73. The second-order valence-corrected chi connectivity index (χ2v) is 9.79. The van der Waals surface area contributed by atoms with Crippen LogP contribution < -0.4 is 10.3 Å². The molecule has 3 aromatic heterocycles. The quantitative estimate of drug-likeness (QED) is 0.307. The third kappa shape index (κ3) is 4.95. The zero-order valence-electron chi connectivity index (χ0n) is 18.6. The molecule has 0 atom stereocenters. The maximum Gasteiger partial charge on any atom is 0.280 e. The van der Waals surface area contributed by atoms with Crippen LogP contribution in [0.2, 0.25) is 10.0 Å². The lowest BCUT2D eigenvalue weighted by Crippen LogP contribution is -2.24. The number of hydrogen-bond donors (Lipinski definition) is 0. The standard InChI is InChI=1S/C24H22Cl2N4O2S/c1-13(2)22-27-8-7-19(29-22)17-5-6-18(25)20(10-17)30-15(4)28-23(21(26)24(30)31)32-11-16-9-14(3)33-12-16/h5-10,12-13H,11H2,1-4H3. The first kappa shape index (κ1) is 23.4. The summed E-state index contributed by atoms with van der Waals surface area (Å²) in [6.45, 7) is 8.08. The number of aromatic nitrogens is 4. The van der Waals surface area contributed by atoms with Crippen LogP contribution in [0.3, 0.4) is 0 Å². The van der Waals surface area contributed by atoms with E-state index < -0.39 is 5.56 Å². The maximum atomic E-state index is 13.2. The lowest BCUT2D eigenvalue weighted by molar-refractivity contribution is 0.292. The number of hydrogen-bond acceptors (Lipinski definition) is 6. The van der Waals surface area contributed by atoms with E-state index in [4.69, 9.17) is 27.9 Å². The van der Waals surface area contributed by atoms with Crippen LogP contribution in [0.25, 0.3) is 16.9 Å². The molecule has 170 valence electrons. The van der Waals surface area contributed by atoms with Gasteiger partial charge in [-0.1, -0.05) is 43.1 Å². The highest BCUT2D eigenvalue weighted by molar-refractivity contribution is 7.10. The van der Waals surface area contributed by atoms with E-state index in [1.54, 1.807) is 36.6 Å². The smallest absolute Gasteiger partial charge is 0.280 e. The van der Waals surface area contributed by atoms with Gasteiger partial charge in [0.05, 0.1) is 16.4 Å². The molecule has 0 saturated heterocycles. The van der Waals surface area contributed by atoms with Crippen LogP contribution in [0.5, 0.6) is 5.88 Å². The predicted molar refractivity (Wildman–Crippen MR) is 133 cm³/mol. The first-order valence-electron chi connectivity index (χ1n) is 10.3. The molecule has 6 nitrogen and oxygen atoms in total. The summed E-state index contributed by atoms with van der Waals surface area (Å²) in [5, 5.41) is 2.29. The monoisotopic (exact) mass is 500 g/mol. The zero-order valence-corrected chi connectivity index (χ0v) is 20.9. The average Bonchev–Trinajstić information content (AvgIpc) is 3.21. The zero-order chi connectivity index (χ0) is 23.7. The van der Waals surface area contributed by atoms with Gasteiger partial charge in [0.1, 0.15) is 18.3 Å². The van der Waals surface area contributed by atoms with Gasteiger partial charge in [0.25, 0.3) is 5.56 Å². The van der Waals surface area contributed by atoms with Gasteiger partial charge in [-0.2, -0.15) is 4.98 Å². The van der Waals surface area contributed by atoms with Crippen molar-refractivity contribution in [2.45, 2.75) is 40.2 Å². The second-order valence-electron chi connectivity index (χ2n) is 7.89. The molecule has 0 radical (unpaired) electrons. The van der Waals surface area contributed by atoms with E-state index in [-0.39, 0.29) is 23.4 Å². The fourth-order valence-electron chi connectivity index (χ4n) is 3.34. The Hall–Kier alpha value is -2.74. The van der Waals surface area contributed by atoms with Crippen molar-refractivity contribution in [3.05, 3.63) is 84.4 Å². The van der Waals surface area contributed by atoms with Gasteiger partial charge in [-0.3, -0.25) is 9.36 Å². The molecule has 0 aliphatic carbocycles. The molecule has 0 spiro atoms. The van der Waals surface area contributed by atoms with Crippen LogP contribution >= 0.6 is 34.5 Å². The van der Waals surface area contributed by atoms with Gasteiger partial charge in [0.2, 0.25) is 5.88 Å². The number of rotatable bonds is 6. The van der Waals surface area contributed by atoms with Crippen molar-refractivity contribution in [3.63, 3.8) is 0 Å². The van der Waals surface area contributed by atoms with Crippen LogP contribution in [0.1, 0.15) is 41.9 Å². The number of thiophene rings is 1. The molecule has 4 aromatic rings. The van der Waals surface area contributed by atoms with Crippen LogP contribution in [-0.4, -0.2) is 19.5 Å². The fraction of sp³-hybridized carbons (Fsp3) is 0.250. The Kier molecular flexibility index (Phi) is 6.83. The Morgan fingerprint density at radius 3 is 2.61 bits per heavy atom. The van der Waals surface area contributed by atoms with E-state index in [0.29, 0.717) is 16.5 Å². The first-order chi connectivity index (χ1) is 15.7. The minimum Gasteiger partial charge on any atom is -0.472 e. The van der Waals surface area contributed by atoms with Gasteiger partial charge >= 0.3 is 0 Å². The molecule has 0 saturated carbocycles. The van der Waals surface area contributed by atoms with Crippen molar-refractivity contribution < 1.29 is 4.74 Å². The van der Waals surface area contributed by atoms with Crippen LogP contribution in [0.4, 0.5) is 0 Å². The summed E-state index contributed by atoms with van der Waals surface area (Å²) >= 11 is 14.5. The number of halogens is 2. The molecule has 0 aliphatic rings. The van der Waals surface area contributed by atoms with E-state index in [9.17, 15) is 4.79 Å². The van der Waals surface area contributed by atoms with Gasteiger partial charge in [-0.05, 0) is 43.5 Å². The minimum atomic E-state index is -0.453. The molecule has 4 rings (SSSR count). The predicted octanol–water partition coefficient (Wildman–Crippen LogP) is 6.38. The number of nitrogens with zero attached hydrogens (tertiary/aromatic N) is 4. The first-order valence-corrected chi connectivity index (χ1v) is 12.0. The summed E-state index contributed by atoms with van der Waals surface area (Å²) < 4.78 is 7.14. The van der Waals surface area contributed by atoms with Gasteiger partial charge in [-0.25, -0.2) is 9.97 Å². The summed E-state index contributed by atoms with van der Waals surface area (Å²) in [7, 11) is 0. The molecule has 1 aromatic carbocycles. The van der Waals surface area contributed by atoms with E-state index in [1.165, 1.54) is 9.44 Å². The largest absolute Gasteiger partial charge is 0.472 e. The van der Waals surface area contributed by atoms with Crippen LogP contribution in [0, 0.1) is 13.8 Å². The summed E-state index contributed by atoms with van der Waals surface area (Å²) in [5.74, 6) is 1.44. The number of ether oxygens (including phenoxy) is 1. The number of aryl methyl sites for hydroxylation is 2. The van der Waals surface area contributed by atoms with Crippen LogP contribution in [-0.2, 0) is 6.61 Å². The molecule has 33 heavy (non-hydrogen) atoms. The highest BCUT2D eigenvalue weighted by atomic mass is 35.5. The van der Waals surface area contributed by atoms with Gasteiger partial charge < -0.3 is 4.74 Å². The van der Waals surface area contributed by atoms with Crippen molar-refractivity contribution >= 4 is 34.5 Å². The number of benzene rings is 1. The van der Waals surface area contributed by atoms with E-state index in [1.807, 2.05) is 44.4 Å². The molecule has 3 heterocycles. The Bertz CT molecular complexity index is 1380. The molecule has 0 aliphatic heterocycles. The second kappa shape index (κ2) is 9.63. The molecule has 0 bridgehead atoms. The maximum absolute atomic E-state index is 13.2. The molecular weight excluding hydrogens is 479 g/mol. The van der Waals surface area contributed by atoms with Crippen molar-refractivity contribution in [3.8, 4) is 22.8 Å². The molecular formula is C24H22Cl2N4O2S. The van der Waals surface area contributed by atoms with Crippen molar-refractivity contribution in [1.29, 1.82) is 0 Å². The fourth-order valence-corrected chi connectivity index (χ4v) is 4.42. The summed E-state index contributed by atoms with van der Waals surface area (Å²) in [4.78, 5) is 27.8. The third-order valence-electron chi connectivity index (χ3n) is 5.00. The third-order valence-corrected chi connectivity index (χ3v) is 6.55. The Labute approximate surface area is 205 Å². The molecule has 0 N–H and O–H groups in total. The van der Waals surface area contributed by atoms with Crippen molar-refractivity contribution in [2.24, 2.45) is 0 Å². The Morgan fingerprint density at radius 2 is 1.91 bits per heavy atom. The molecule has 0 amide bonds. The van der Waals surface area contributed by atoms with Gasteiger partial charge in [0, 0.05) is 28.1 Å². The lowest BCUT2D eigenvalue weighted by Gasteiger charge is -2.15. The van der Waals surface area contributed by atoms with E-state index >= 15 is 0 Å². The van der Waals surface area contributed by atoms with Crippen molar-refractivity contribution in [1.82, 2.24) is 19.5 Å².